The molecule has 0 fully saturated rings. The number of benzene rings is 3. The molecule has 4 nitrogen and oxygen atoms in total. The predicted octanol–water partition coefficient (Wildman–Crippen LogP) is 5.41. The number of nitrogens with zero attached hydrogens (tertiary/aromatic N) is 4. The van der Waals surface area contributed by atoms with Gasteiger partial charge in [-0.1, -0.05) is 31.7 Å². The van der Waals surface area contributed by atoms with Gasteiger partial charge >= 0.3 is 0 Å². The smallest absolute Gasteiger partial charge is 0.0672 e. The average molecular weight is 358 g/mol. The van der Waals surface area contributed by atoms with Gasteiger partial charge in [-0.3, -0.25) is 0 Å². The molecule has 0 unspecified atom stereocenters. The maximum absolute atomic E-state index is 2.31. The van der Waals surface area contributed by atoms with Crippen molar-refractivity contribution in [1.82, 2.24) is 18.3 Å². The fourth-order valence-electron chi connectivity index (χ4n) is 4.21. The Labute approximate surface area is 159 Å². The van der Waals surface area contributed by atoms with Crippen molar-refractivity contribution in [2.24, 2.45) is 28.2 Å². The van der Waals surface area contributed by atoms with E-state index in [1.54, 1.807) is 0 Å². The first-order valence-electron chi connectivity index (χ1n) is 8.89. The minimum atomic E-state index is 0. The molecule has 0 saturated heterocycles. The standard InChI is InChI=1S/C22H22N4.CH4/c1-23-15-9-5-6-10-16(15)24(2)20-14-22-21(13-19(20)23)25(3)17-11-7-8-12-18(17)26(22)4;/h5-14H,1-4H3;1H4. The molecule has 0 aliphatic carbocycles. The van der Waals surface area contributed by atoms with Crippen molar-refractivity contribution in [2.45, 2.75) is 7.43 Å². The molecule has 0 aliphatic rings. The number of para-hydroxylation sites is 4. The van der Waals surface area contributed by atoms with Crippen molar-refractivity contribution in [3.05, 3.63) is 60.7 Å². The molecule has 27 heavy (non-hydrogen) atoms. The fourth-order valence-corrected chi connectivity index (χ4v) is 4.21. The number of fused-ring (bicyclic) bond motifs is 4. The average Bonchev–Trinajstić information content (AvgIpc) is 2.69. The second-order valence-corrected chi connectivity index (χ2v) is 7.04. The van der Waals surface area contributed by atoms with Crippen molar-refractivity contribution in [1.29, 1.82) is 0 Å². The second kappa shape index (κ2) is 5.95. The van der Waals surface area contributed by atoms with Crippen LogP contribution in [0.3, 0.4) is 0 Å². The largest absolute Gasteiger partial charge is 0.341 e. The van der Waals surface area contributed by atoms with Crippen molar-refractivity contribution in [2.75, 3.05) is 0 Å². The van der Waals surface area contributed by atoms with Gasteiger partial charge in [0.05, 0.1) is 44.1 Å². The second-order valence-electron chi connectivity index (χ2n) is 7.04. The van der Waals surface area contributed by atoms with Crippen LogP contribution < -0.4 is 0 Å². The summed E-state index contributed by atoms with van der Waals surface area (Å²) in [4.78, 5) is 0. The molecule has 0 spiro atoms. The Kier molecular flexibility index (Phi) is 3.81. The number of rotatable bonds is 0. The lowest BCUT2D eigenvalue weighted by molar-refractivity contribution is 0.919. The Morgan fingerprint density at radius 3 is 0.852 bits per heavy atom. The van der Waals surface area contributed by atoms with Crippen LogP contribution in [0.15, 0.2) is 60.7 Å². The summed E-state index contributed by atoms with van der Waals surface area (Å²) in [5.74, 6) is 0. The van der Waals surface area contributed by atoms with Crippen molar-refractivity contribution >= 4 is 44.1 Å². The lowest BCUT2D eigenvalue weighted by Crippen LogP contribution is -2.08. The summed E-state index contributed by atoms with van der Waals surface area (Å²) >= 11 is 0. The van der Waals surface area contributed by atoms with Gasteiger partial charge in [-0.15, -0.1) is 0 Å². The van der Waals surface area contributed by atoms with E-state index in [1.165, 1.54) is 44.1 Å². The molecule has 0 N–H and O–H groups in total. The first-order chi connectivity index (χ1) is 12.6. The molecule has 5 aromatic rings. The van der Waals surface area contributed by atoms with E-state index in [1.807, 2.05) is 0 Å². The topological polar surface area (TPSA) is 19.7 Å². The number of aryl methyl sites for hydroxylation is 4. The number of hydrogen-bond donors (Lipinski definition) is 0. The predicted molar refractivity (Wildman–Crippen MR) is 117 cm³/mol. The van der Waals surface area contributed by atoms with E-state index in [2.05, 4.69) is 107 Å². The van der Waals surface area contributed by atoms with Crippen LogP contribution in [-0.2, 0) is 28.2 Å². The van der Waals surface area contributed by atoms with Crippen LogP contribution in [0.2, 0.25) is 0 Å². The van der Waals surface area contributed by atoms with Crippen LogP contribution in [0.4, 0.5) is 0 Å². The molecule has 2 aromatic heterocycles. The van der Waals surface area contributed by atoms with Gasteiger partial charge < -0.3 is 18.3 Å². The SMILES string of the molecule is C.Cn1c2ccccc2n(C)c2cc3c(cc21)n(C)c1ccccc1n3C. The Balaban J connectivity index is 0.00000180. The molecule has 5 rings (SSSR count). The fraction of sp³-hybridized carbons (Fsp3) is 0.217. The van der Waals surface area contributed by atoms with Gasteiger partial charge in [0.25, 0.3) is 0 Å². The molecule has 0 radical (unpaired) electrons. The Hall–Kier alpha value is -3.14. The van der Waals surface area contributed by atoms with Gasteiger partial charge in [0.2, 0.25) is 0 Å². The van der Waals surface area contributed by atoms with E-state index in [4.69, 9.17) is 0 Å². The van der Waals surface area contributed by atoms with Crippen molar-refractivity contribution in [3.8, 4) is 0 Å². The molecule has 138 valence electrons. The molecule has 0 bridgehead atoms. The summed E-state index contributed by atoms with van der Waals surface area (Å²) in [7, 11) is 8.60. The lowest BCUT2D eigenvalue weighted by Gasteiger charge is -2.21. The Morgan fingerprint density at radius 1 is 0.407 bits per heavy atom. The summed E-state index contributed by atoms with van der Waals surface area (Å²) in [6.45, 7) is 0. The zero-order chi connectivity index (χ0) is 18.0. The zero-order valence-electron chi connectivity index (χ0n) is 15.6. The molecule has 0 atom stereocenters. The summed E-state index contributed by atoms with van der Waals surface area (Å²) < 4.78 is 9.16. The normalized spacial score (nSPS) is 11.4. The Bertz CT molecular complexity index is 1160. The third-order valence-electron chi connectivity index (χ3n) is 5.73. The minimum absolute atomic E-state index is 0. The highest BCUT2D eigenvalue weighted by atomic mass is 15.1. The van der Waals surface area contributed by atoms with Crippen LogP contribution in [-0.4, -0.2) is 18.3 Å². The Morgan fingerprint density at radius 2 is 0.630 bits per heavy atom. The van der Waals surface area contributed by atoms with Gasteiger partial charge in [0.1, 0.15) is 0 Å². The van der Waals surface area contributed by atoms with E-state index >= 15 is 0 Å². The third kappa shape index (κ3) is 2.23. The first-order valence-corrected chi connectivity index (χ1v) is 8.89. The maximum atomic E-state index is 2.31. The third-order valence-corrected chi connectivity index (χ3v) is 5.73. The van der Waals surface area contributed by atoms with E-state index in [-0.39, 0.29) is 7.43 Å². The van der Waals surface area contributed by atoms with E-state index in [0.29, 0.717) is 0 Å². The summed E-state index contributed by atoms with van der Waals surface area (Å²) in [6.07, 6.45) is 0. The summed E-state index contributed by atoms with van der Waals surface area (Å²) in [6, 6.07) is 21.7. The van der Waals surface area contributed by atoms with E-state index in [9.17, 15) is 0 Å². The highest BCUT2D eigenvalue weighted by Crippen LogP contribution is 2.29. The quantitative estimate of drug-likeness (QED) is 0.330. The van der Waals surface area contributed by atoms with Crippen molar-refractivity contribution in [3.63, 3.8) is 0 Å². The maximum Gasteiger partial charge on any atom is 0.0672 e. The number of aromatic nitrogens is 4. The molecule has 4 heteroatoms. The molecule has 3 aromatic carbocycles. The van der Waals surface area contributed by atoms with Gasteiger partial charge in [-0.05, 0) is 36.4 Å². The van der Waals surface area contributed by atoms with E-state index in [0.717, 1.165) is 0 Å². The first kappa shape index (κ1) is 17.3. The van der Waals surface area contributed by atoms with Crippen LogP contribution in [0, 0.1) is 0 Å². The molecule has 0 saturated carbocycles. The molecular weight excluding hydrogens is 332 g/mol. The van der Waals surface area contributed by atoms with E-state index < -0.39 is 0 Å². The van der Waals surface area contributed by atoms with Gasteiger partial charge in [-0.25, -0.2) is 0 Å². The van der Waals surface area contributed by atoms with Crippen LogP contribution in [0.1, 0.15) is 7.43 Å². The molecular formula is C23H26N4. The minimum Gasteiger partial charge on any atom is -0.341 e. The summed E-state index contributed by atoms with van der Waals surface area (Å²) in [5, 5.41) is 0. The molecule has 0 amide bonds. The number of hydrogen-bond acceptors (Lipinski definition) is 0. The highest BCUT2D eigenvalue weighted by molar-refractivity contribution is 5.99. The van der Waals surface area contributed by atoms with Crippen molar-refractivity contribution < 1.29 is 0 Å². The van der Waals surface area contributed by atoms with Gasteiger partial charge in [0.15, 0.2) is 0 Å². The van der Waals surface area contributed by atoms with Gasteiger partial charge in [-0.2, -0.15) is 0 Å². The summed E-state index contributed by atoms with van der Waals surface area (Å²) in [5.41, 5.74) is 9.83. The zero-order valence-corrected chi connectivity index (χ0v) is 15.6. The lowest BCUT2D eigenvalue weighted by atomic mass is 10.1. The van der Waals surface area contributed by atoms with Crippen LogP contribution in [0.25, 0.3) is 44.1 Å². The van der Waals surface area contributed by atoms with Gasteiger partial charge in [0, 0.05) is 28.2 Å². The molecule has 0 aliphatic heterocycles. The van der Waals surface area contributed by atoms with Crippen LogP contribution in [0.5, 0.6) is 0 Å². The molecule has 2 heterocycles. The van der Waals surface area contributed by atoms with Crippen LogP contribution >= 0.6 is 0 Å². The monoisotopic (exact) mass is 358 g/mol. The highest BCUT2D eigenvalue weighted by Gasteiger charge is 2.12.